The highest BCUT2D eigenvalue weighted by atomic mass is 15.3. The fraction of sp³-hybridized carbons (Fsp3) is 1.00. The minimum Gasteiger partial charge on any atom is -0.329 e. The third kappa shape index (κ3) is 2.39. The summed E-state index contributed by atoms with van der Waals surface area (Å²) in [5, 5.41) is 0. The van der Waals surface area contributed by atoms with Crippen LogP contribution in [-0.4, -0.2) is 29.6 Å². The normalized spacial score (nSPS) is 38.6. The molecule has 0 aromatic heterocycles. The molecule has 17 heavy (non-hydrogen) atoms. The van der Waals surface area contributed by atoms with Crippen LogP contribution in [0, 0.1) is 11.8 Å². The lowest BCUT2D eigenvalue weighted by molar-refractivity contribution is -0.0168. The molecule has 0 spiro atoms. The predicted molar refractivity (Wildman–Crippen MR) is 74.0 cm³/mol. The Balaban J connectivity index is 2.20. The largest absolute Gasteiger partial charge is 0.329 e. The summed E-state index contributed by atoms with van der Waals surface area (Å²) in [5.41, 5.74) is 6.56. The molecule has 2 aliphatic carbocycles. The van der Waals surface area contributed by atoms with Crippen LogP contribution >= 0.6 is 0 Å². The third-order valence-corrected chi connectivity index (χ3v) is 5.35. The molecule has 2 N–H and O–H groups in total. The smallest absolute Gasteiger partial charge is 0.0362 e. The summed E-state index contributed by atoms with van der Waals surface area (Å²) in [4.78, 5) is 2.80. The average molecular weight is 238 g/mol. The van der Waals surface area contributed by atoms with Gasteiger partial charge in [0, 0.05) is 18.1 Å². The maximum atomic E-state index is 6.25. The van der Waals surface area contributed by atoms with E-state index in [0.29, 0.717) is 5.54 Å². The van der Waals surface area contributed by atoms with Crippen LogP contribution in [0.1, 0.15) is 59.3 Å². The molecule has 2 nitrogen and oxygen atoms in total. The highest BCUT2D eigenvalue weighted by Crippen LogP contribution is 2.45. The summed E-state index contributed by atoms with van der Waals surface area (Å²) in [6, 6.07) is 0.853. The zero-order valence-electron chi connectivity index (χ0n) is 11.9. The van der Waals surface area contributed by atoms with Gasteiger partial charge >= 0.3 is 0 Å². The minimum absolute atomic E-state index is 0.314. The van der Waals surface area contributed by atoms with Gasteiger partial charge in [-0.2, -0.15) is 0 Å². The highest BCUT2D eigenvalue weighted by Gasteiger charge is 2.48. The fourth-order valence-electron chi connectivity index (χ4n) is 3.94. The van der Waals surface area contributed by atoms with Gasteiger partial charge in [-0.05, 0) is 44.1 Å². The van der Waals surface area contributed by atoms with E-state index in [0.717, 1.165) is 24.4 Å². The Bertz CT molecular complexity index is 249. The van der Waals surface area contributed by atoms with Crippen molar-refractivity contribution in [2.45, 2.75) is 70.9 Å². The van der Waals surface area contributed by atoms with Gasteiger partial charge in [-0.3, -0.25) is 4.90 Å². The van der Waals surface area contributed by atoms with E-state index in [1.807, 2.05) is 0 Å². The number of rotatable bonds is 5. The molecule has 0 amide bonds. The Kier molecular flexibility index (Phi) is 4.14. The summed E-state index contributed by atoms with van der Waals surface area (Å²) >= 11 is 0. The zero-order chi connectivity index (χ0) is 12.5. The van der Waals surface area contributed by atoms with E-state index in [1.165, 1.54) is 45.1 Å². The molecule has 0 radical (unpaired) electrons. The zero-order valence-corrected chi connectivity index (χ0v) is 11.9. The van der Waals surface area contributed by atoms with Crippen LogP contribution in [0.2, 0.25) is 0 Å². The molecule has 2 heteroatoms. The van der Waals surface area contributed by atoms with Crippen LogP contribution < -0.4 is 5.73 Å². The first-order valence-electron chi connectivity index (χ1n) is 7.62. The SMILES string of the molecule is CCCN(C1CC1)C1(CN)CCCC(C)C1C. The lowest BCUT2D eigenvalue weighted by Crippen LogP contribution is -2.61. The molecule has 0 heterocycles. The van der Waals surface area contributed by atoms with Gasteiger partial charge in [0.05, 0.1) is 0 Å². The van der Waals surface area contributed by atoms with Gasteiger partial charge in [-0.15, -0.1) is 0 Å². The van der Waals surface area contributed by atoms with Gasteiger partial charge in [0.2, 0.25) is 0 Å². The van der Waals surface area contributed by atoms with Gasteiger partial charge in [-0.25, -0.2) is 0 Å². The summed E-state index contributed by atoms with van der Waals surface area (Å²) in [7, 11) is 0. The van der Waals surface area contributed by atoms with E-state index in [1.54, 1.807) is 0 Å². The Morgan fingerprint density at radius 3 is 2.47 bits per heavy atom. The standard InChI is InChI=1S/C15H30N2/c1-4-10-17(14-7-8-14)15(11-16)9-5-6-12(2)13(15)3/h12-14H,4-11,16H2,1-3H3. The molecule has 0 aromatic rings. The van der Waals surface area contributed by atoms with Gasteiger partial charge in [-0.1, -0.05) is 33.6 Å². The number of hydrogen-bond donors (Lipinski definition) is 1. The molecule has 3 atom stereocenters. The van der Waals surface area contributed by atoms with E-state index in [2.05, 4.69) is 25.7 Å². The van der Waals surface area contributed by atoms with Crippen LogP contribution in [0.15, 0.2) is 0 Å². The quantitative estimate of drug-likeness (QED) is 0.798. The average Bonchev–Trinajstić information content (AvgIpc) is 3.15. The maximum Gasteiger partial charge on any atom is 0.0362 e. The summed E-state index contributed by atoms with van der Waals surface area (Å²) in [6.45, 7) is 9.28. The van der Waals surface area contributed by atoms with E-state index in [-0.39, 0.29) is 0 Å². The molecule has 100 valence electrons. The monoisotopic (exact) mass is 238 g/mol. The Morgan fingerprint density at radius 1 is 1.24 bits per heavy atom. The fourth-order valence-corrected chi connectivity index (χ4v) is 3.94. The van der Waals surface area contributed by atoms with Crippen molar-refractivity contribution in [3.8, 4) is 0 Å². The van der Waals surface area contributed by atoms with Crippen LogP contribution in [-0.2, 0) is 0 Å². The van der Waals surface area contributed by atoms with Crippen molar-refractivity contribution in [3.05, 3.63) is 0 Å². The first-order chi connectivity index (χ1) is 8.15. The van der Waals surface area contributed by atoms with E-state index in [4.69, 9.17) is 5.73 Å². The molecule has 0 bridgehead atoms. The van der Waals surface area contributed by atoms with Gasteiger partial charge in [0.15, 0.2) is 0 Å². The van der Waals surface area contributed by atoms with Crippen LogP contribution in [0.25, 0.3) is 0 Å². The Morgan fingerprint density at radius 2 is 1.94 bits per heavy atom. The molecular weight excluding hydrogens is 208 g/mol. The highest BCUT2D eigenvalue weighted by molar-refractivity contribution is 5.04. The van der Waals surface area contributed by atoms with Crippen LogP contribution in [0.5, 0.6) is 0 Å². The molecule has 0 saturated heterocycles. The van der Waals surface area contributed by atoms with Crippen molar-refractivity contribution >= 4 is 0 Å². The summed E-state index contributed by atoms with van der Waals surface area (Å²) in [5.74, 6) is 1.60. The Labute approximate surface area is 107 Å². The lowest BCUT2D eigenvalue weighted by Gasteiger charge is -2.52. The van der Waals surface area contributed by atoms with E-state index in [9.17, 15) is 0 Å². The number of hydrogen-bond acceptors (Lipinski definition) is 2. The second kappa shape index (κ2) is 5.27. The predicted octanol–water partition coefficient (Wildman–Crippen LogP) is 3.01. The third-order valence-electron chi connectivity index (χ3n) is 5.35. The van der Waals surface area contributed by atoms with Crippen molar-refractivity contribution in [2.75, 3.05) is 13.1 Å². The van der Waals surface area contributed by atoms with Crippen molar-refractivity contribution in [1.82, 2.24) is 4.90 Å². The molecule has 2 rings (SSSR count). The van der Waals surface area contributed by atoms with Gasteiger partial charge in [0.1, 0.15) is 0 Å². The first kappa shape index (κ1) is 13.4. The van der Waals surface area contributed by atoms with Crippen molar-refractivity contribution < 1.29 is 0 Å². The molecule has 0 aliphatic heterocycles. The molecule has 2 saturated carbocycles. The second-order valence-electron chi connectivity index (χ2n) is 6.39. The second-order valence-corrected chi connectivity index (χ2v) is 6.39. The minimum atomic E-state index is 0.314. The van der Waals surface area contributed by atoms with Crippen LogP contribution in [0.3, 0.4) is 0 Å². The number of nitrogens with zero attached hydrogens (tertiary/aromatic N) is 1. The molecule has 2 fully saturated rings. The van der Waals surface area contributed by atoms with Gasteiger partial charge in [0.25, 0.3) is 0 Å². The van der Waals surface area contributed by atoms with Crippen molar-refractivity contribution in [1.29, 1.82) is 0 Å². The van der Waals surface area contributed by atoms with Crippen molar-refractivity contribution in [2.24, 2.45) is 17.6 Å². The molecule has 3 unspecified atom stereocenters. The molecular formula is C15H30N2. The van der Waals surface area contributed by atoms with Crippen LogP contribution in [0.4, 0.5) is 0 Å². The summed E-state index contributed by atoms with van der Waals surface area (Å²) < 4.78 is 0. The number of nitrogens with two attached hydrogens (primary N) is 1. The first-order valence-corrected chi connectivity index (χ1v) is 7.62. The lowest BCUT2D eigenvalue weighted by atomic mass is 9.67. The summed E-state index contributed by atoms with van der Waals surface area (Å²) in [6.07, 6.45) is 8.17. The van der Waals surface area contributed by atoms with E-state index < -0.39 is 0 Å². The molecule has 2 aliphatic rings. The van der Waals surface area contributed by atoms with Crippen molar-refractivity contribution in [3.63, 3.8) is 0 Å². The Hall–Kier alpha value is -0.0800. The van der Waals surface area contributed by atoms with E-state index >= 15 is 0 Å². The van der Waals surface area contributed by atoms with Gasteiger partial charge < -0.3 is 5.73 Å². The maximum absolute atomic E-state index is 6.25. The topological polar surface area (TPSA) is 29.3 Å². The molecule has 0 aromatic carbocycles.